The van der Waals surface area contributed by atoms with Crippen molar-refractivity contribution in [2.24, 2.45) is 5.92 Å². The summed E-state index contributed by atoms with van der Waals surface area (Å²) < 4.78 is 28.9. The summed E-state index contributed by atoms with van der Waals surface area (Å²) in [5.41, 5.74) is 4.22. The van der Waals surface area contributed by atoms with Crippen LogP contribution in [0.5, 0.6) is 0 Å². The standard InChI is InChI=1S/C28H30N4O3S2/c1-19-11-14-31(15-12-19)37(34,35)24-9-7-22(8-10-24)27(33)32(18-23-6-4-5-13-29-23)28-30-25-17-20(2)16-21(3)26(25)36-28/h4-10,13,16-17,19H,11-12,14-15,18H2,1-3H3. The minimum atomic E-state index is -3.59. The van der Waals surface area contributed by atoms with Crippen LogP contribution in [0, 0.1) is 19.8 Å². The van der Waals surface area contributed by atoms with Crippen molar-refractivity contribution in [2.45, 2.75) is 45.1 Å². The Labute approximate surface area is 221 Å². The molecule has 3 heterocycles. The maximum absolute atomic E-state index is 13.8. The van der Waals surface area contributed by atoms with Crippen molar-refractivity contribution < 1.29 is 13.2 Å². The predicted octanol–water partition coefficient (Wildman–Crippen LogP) is 5.58. The molecule has 1 aliphatic heterocycles. The lowest BCUT2D eigenvalue weighted by molar-refractivity contribution is 0.0984. The molecule has 0 aliphatic carbocycles. The van der Waals surface area contributed by atoms with Gasteiger partial charge in [-0.25, -0.2) is 13.4 Å². The minimum Gasteiger partial charge on any atom is -0.278 e. The Morgan fingerprint density at radius 2 is 1.81 bits per heavy atom. The monoisotopic (exact) mass is 534 g/mol. The van der Waals surface area contributed by atoms with E-state index in [-0.39, 0.29) is 17.3 Å². The van der Waals surface area contributed by atoms with Gasteiger partial charge in [-0.2, -0.15) is 4.31 Å². The molecular weight excluding hydrogens is 504 g/mol. The molecular formula is C28H30N4O3S2. The molecule has 1 fully saturated rings. The third kappa shape index (κ3) is 5.30. The zero-order valence-corrected chi connectivity index (χ0v) is 22.8. The average molecular weight is 535 g/mol. The fourth-order valence-electron chi connectivity index (χ4n) is 4.66. The van der Waals surface area contributed by atoms with Gasteiger partial charge in [-0.1, -0.05) is 30.4 Å². The van der Waals surface area contributed by atoms with E-state index in [0.717, 1.165) is 39.9 Å². The Morgan fingerprint density at radius 3 is 2.49 bits per heavy atom. The Balaban J connectivity index is 1.47. The molecule has 37 heavy (non-hydrogen) atoms. The highest BCUT2D eigenvalue weighted by Gasteiger charge is 2.29. The molecule has 0 N–H and O–H groups in total. The van der Waals surface area contributed by atoms with Gasteiger partial charge in [-0.3, -0.25) is 14.7 Å². The van der Waals surface area contributed by atoms with Crippen LogP contribution in [0.25, 0.3) is 10.2 Å². The number of rotatable bonds is 6. The Morgan fingerprint density at radius 1 is 1.08 bits per heavy atom. The quantitative estimate of drug-likeness (QED) is 0.323. The molecule has 0 bridgehead atoms. The number of pyridine rings is 1. The van der Waals surface area contributed by atoms with Crippen LogP contribution >= 0.6 is 11.3 Å². The smallest absolute Gasteiger partial charge is 0.260 e. The molecule has 1 amide bonds. The van der Waals surface area contributed by atoms with Gasteiger partial charge in [-0.05, 0) is 86.2 Å². The Bertz CT molecular complexity index is 1530. The molecule has 4 aromatic rings. The number of fused-ring (bicyclic) bond motifs is 1. The lowest BCUT2D eigenvalue weighted by Gasteiger charge is -2.29. The van der Waals surface area contributed by atoms with E-state index in [0.29, 0.717) is 29.7 Å². The molecule has 0 radical (unpaired) electrons. The van der Waals surface area contributed by atoms with E-state index in [1.54, 1.807) is 27.5 Å². The molecule has 1 saturated heterocycles. The number of benzene rings is 2. The fourth-order valence-corrected chi connectivity index (χ4v) is 7.14. The second kappa shape index (κ2) is 10.3. The summed E-state index contributed by atoms with van der Waals surface area (Å²) in [5.74, 6) is 0.279. The number of piperidine rings is 1. The number of carbonyl (C=O) groups is 1. The number of hydrogen-bond acceptors (Lipinski definition) is 6. The average Bonchev–Trinajstić information content (AvgIpc) is 3.32. The molecule has 9 heteroatoms. The fraction of sp³-hybridized carbons (Fsp3) is 0.321. The molecule has 1 aliphatic rings. The van der Waals surface area contributed by atoms with Crippen molar-refractivity contribution in [2.75, 3.05) is 18.0 Å². The maximum atomic E-state index is 13.8. The SMILES string of the molecule is Cc1cc(C)c2sc(N(Cc3ccccn3)C(=O)c3ccc(S(=O)(=O)N4CCC(C)CC4)cc3)nc2c1. The number of thiazole rings is 1. The van der Waals surface area contributed by atoms with Crippen molar-refractivity contribution in [3.05, 3.63) is 83.2 Å². The van der Waals surface area contributed by atoms with E-state index < -0.39 is 10.0 Å². The summed E-state index contributed by atoms with van der Waals surface area (Å²) in [6.45, 7) is 7.53. The largest absolute Gasteiger partial charge is 0.278 e. The van der Waals surface area contributed by atoms with Crippen molar-refractivity contribution in [1.82, 2.24) is 14.3 Å². The van der Waals surface area contributed by atoms with Crippen LogP contribution in [0.4, 0.5) is 5.13 Å². The number of hydrogen-bond donors (Lipinski definition) is 0. The number of sulfonamides is 1. The second-order valence-electron chi connectivity index (χ2n) is 9.75. The highest BCUT2D eigenvalue weighted by molar-refractivity contribution is 7.89. The van der Waals surface area contributed by atoms with Gasteiger partial charge in [0.05, 0.1) is 27.4 Å². The number of aryl methyl sites for hydroxylation is 2. The van der Waals surface area contributed by atoms with Gasteiger partial charge >= 0.3 is 0 Å². The van der Waals surface area contributed by atoms with Crippen LogP contribution in [0.15, 0.2) is 65.7 Å². The summed E-state index contributed by atoms with van der Waals surface area (Å²) in [4.78, 5) is 24.8. The first-order chi connectivity index (χ1) is 17.7. The summed E-state index contributed by atoms with van der Waals surface area (Å²) in [5, 5.41) is 0.582. The van der Waals surface area contributed by atoms with Crippen molar-refractivity contribution in [3.63, 3.8) is 0 Å². The molecule has 192 valence electrons. The number of nitrogens with zero attached hydrogens (tertiary/aromatic N) is 4. The normalized spacial score (nSPS) is 15.2. The molecule has 0 spiro atoms. The zero-order chi connectivity index (χ0) is 26.2. The van der Waals surface area contributed by atoms with Crippen LogP contribution in [0.3, 0.4) is 0 Å². The highest BCUT2D eigenvalue weighted by atomic mass is 32.2. The summed E-state index contributed by atoms with van der Waals surface area (Å²) in [6, 6.07) is 16.0. The lowest BCUT2D eigenvalue weighted by Crippen LogP contribution is -2.37. The van der Waals surface area contributed by atoms with E-state index >= 15 is 0 Å². The highest BCUT2D eigenvalue weighted by Crippen LogP contribution is 2.34. The number of anilines is 1. The topological polar surface area (TPSA) is 83.5 Å². The van der Waals surface area contributed by atoms with Gasteiger partial charge < -0.3 is 0 Å². The van der Waals surface area contributed by atoms with Crippen molar-refractivity contribution in [3.8, 4) is 0 Å². The minimum absolute atomic E-state index is 0.209. The third-order valence-electron chi connectivity index (χ3n) is 6.81. The first-order valence-electron chi connectivity index (χ1n) is 12.4. The second-order valence-corrected chi connectivity index (χ2v) is 12.7. The third-order valence-corrected chi connectivity index (χ3v) is 9.96. The van der Waals surface area contributed by atoms with E-state index in [4.69, 9.17) is 4.98 Å². The zero-order valence-electron chi connectivity index (χ0n) is 21.2. The molecule has 2 aromatic carbocycles. The van der Waals surface area contributed by atoms with Crippen LogP contribution in [-0.2, 0) is 16.6 Å². The molecule has 0 atom stereocenters. The van der Waals surface area contributed by atoms with E-state index in [9.17, 15) is 13.2 Å². The first kappa shape index (κ1) is 25.5. The van der Waals surface area contributed by atoms with Crippen LogP contribution in [-0.4, -0.2) is 41.7 Å². The lowest BCUT2D eigenvalue weighted by atomic mass is 10.0. The molecule has 2 aromatic heterocycles. The summed E-state index contributed by atoms with van der Waals surface area (Å²) in [6.07, 6.45) is 3.42. The van der Waals surface area contributed by atoms with Gasteiger partial charge in [0.25, 0.3) is 5.91 Å². The van der Waals surface area contributed by atoms with Crippen molar-refractivity contribution >= 4 is 42.6 Å². The predicted molar refractivity (Wildman–Crippen MR) is 147 cm³/mol. The molecule has 0 unspecified atom stereocenters. The van der Waals surface area contributed by atoms with Crippen LogP contribution < -0.4 is 4.90 Å². The van der Waals surface area contributed by atoms with Crippen LogP contribution in [0.2, 0.25) is 0 Å². The number of aromatic nitrogens is 2. The maximum Gasteiger partial charge on any atom is 0.260 e. The van der Waals surface area contributed by atoms with E-state index in [2.05, 4.69) is 18.0 Å². The summed E-state index contributed by atoms with van der Waals surface area (Å²) >= 11 is 1.47. The van der Waals surface area contributed by atoms with Gasteiger partial charge in [0.2, 0.25) is 10.0 Å². The number of amides is 1. The van der Waals surface area contributed by atoms with Gasteiger partial charge in [0, 0.05) is 24.8 Å². The summed E-state index contributed by atoms with van der Waals surface area (Å²) in [7, 11) is -3.59. The van der Waals surface area contributed by atoms with E-state index in [1.807, 2.05) is 38.1 Å². The van der Waals surface area contributed by atoms with Gasteiger partial charge in [0.15, 0.2) is 5.13 Å². The Kier molecular flexibility index (Phi) is 7.11. The van der Waals surface area contributed by atoms with Gasteiger partial charge in [0.1, 0.15) is 0 Å². The first-order valence-corrected chi connectivity index (χ1v) is 14.7. The molecule has 0 saturated carbocycles. The van der Waals surface area contributed by atoms with E-state index in [1.165, 1.54) is 23.5 Å². The van der Waals surface area contributed by atoms with Crippen LogP contribution in [0.1, 0.15) is 46.9 Å². The van der Waals surface area contributed by atoms with Crippen molar-refractivity contribution in [1.29, 1.82) is 0 Å². The Hall–Kier alpha value is -3.14. The number of carbonyl (C=O) groups excluding carboxylic acids is 1. The molecule has 7 nitrogen and oxygen atoms in total. The molecule has 5 rings (SSSR count). The van der Waals surface area contributed by atoms with Gasteiger partial charge in [-0.15, -0.1) is 0 Å².